The summed E-state index contributed by atoms with van der Waals surface area (Å²) in [5.41, 5.74) is 1.17. The van der Waals surface area contributed by atoms with Gasteiger partial charge < -0.3 is 0 Å². The van der Waals surface area contributed by atoms with Gasteiger partial charge in [-0.3, -0.25) is 0 Å². The smallest absolute Gasteiger partial charge is 0.174 e. The molecule has 0 aliphatic rings. The van der Waals surface area contributed by atoms with Crippen molar-refractivity contribution in [2.24, 2.45) is 0 Å². The van der Waals surface area contributed by atoms with Crippen LogP contribution in [0.4, 0.5) is 8.78 Å². The molecule has 12 heavy (non-hydrogen) atoms. The van der Waals surface area contributed by atoms with Crippen LogP contribution >= 0.6 is 0 Å². The van der Waals surface area contributed by atoms with Gasteiger partial charge in [-0.1, -0.05) is 43.0 Å². The van der Waals surface area contributed by atoms with Crippen LogP contribution in [-0.2, 0) is 0 Å². The first-order chi connectivity index (χ1) is 5.66. The van der Waals surface area contributed by atoms with E-state index in [1.165, 1.54) is 5.56 Å². The molecule has 0 unspecified atom stereocenters. The number of rotatable bonds is 1. The van der Waals surface area contributed by atoms with Crippen molar-refractivity contribution in [3.63, 3.8) is 0 Å². The Hall–Kier alpha value is -1.44. The number of benzene rings is 1. The lowest BCUT2D eigenvalue weighted by atomic mass is 10.2. The predicted octanol–water partition coefficient (Wildman–Crippen LogP) is 3.73. The predicted molar refractivity (Wildman–Crippen MR) is 47.9 cm³/mol. The second-order valence-electron chi connectivity index (χ2n) is 1.95. The van der Waals surface area contributed by atoms with E-state index in [1.54, 1.807) is 0 Å². The number of halogens is 2. The fourth-order valence-electron chi connectivity index (χ4n) is 0.589. The summed E-state index contributed by atoms with van der Waals surface area (Å²) >= 11 is 0. The first-order valence-corrected chi connectivity index (χ1v) is 3.34. The van der Waals surface area contributed by atoms with E-state index in [0.717, 1.165) is 0 Å². The average Bonchev–Trinajstić information content (AvgIpc) is 2.05. The zero-order valence-electron chi connectivity index (χ0n) is 6.63. The van der Waals surface area contributed by atoms with Crippen LogP contribution in [0.5, 0.6) is 0 Å². The normalized spacial score (nSPS) is 7.83. The highest BCUT2D eigenvalue weighted by atomic mass is 19.3. The SMILES string of the molecule is C=C(F)F.C=Cc1ccccc1. The topological polar surface area (TPSA) is 0 Å². The first-order valence-electron chi connectivity index (χ1n) is 3.34. The van der Waals surface area contributed by atoms with Gasteiger partial charge in [0.1, 0.15) is 0 Å². The van der Waals surface area contributed by atoms with Crippen molar-refractivity contribution in [3.8, 4) is 0 Å². The van der Waals surface area contributed by atoms with Crippen LogP contribution in [0.3, 0.4) is 0 Å². The van der Waals surface area contributed by atoms with Crippen molar-refractivity contribution in [2.45, 2.75) is 0 Å². The quantitative estimate of drug-likeness (QED) is 0.599. The summed E-state index contributed by atoms with van der Waals surface area (Å²) in [6.07, 6.45) is 0. The highest BCUT2D eigenvalue weighted by Crippen LogP contribution is 1.97. The molecule has 0 saturated heterocycles. The summed E-state index contributed by atoms with van der Waals surface area (Å²) in [4.78, 5) is 0. The molecule has 0 aromatic heterocycles. The van der Waals surface area contributed by atoms with Gasteiger partial charge in [0.15, 0.2) is 0 Å². The fraction of sp³-hybridized carbons (Fsp3) is 0. The van der Waals surface area contributed by atoms with Gasteiger partial charge in [-0.25, -0.2) is 0 Å². The van der Waals surface area contributed by atoms with Gasteiger partial charge in [-0.15, -0.1) is 0 Å². The molecular weight excluding hydrogens is 158 g/mol. The highest BCUT2D eigenvalue weighted by Gasteiger charge is 1.75. The minimum absolute atomic E-state index is 1.17. The minimum Gasteiger partial charge on any atom is -0.174 e. The van der Waals surface area contributed by atoms with Crippen molar-refractivity contribution in [1.82, 2.24) is 0 Å². The van der Waals surface area contributed by atoms with E-state index >= 15 is 0 Å². The zero-order valence-corrected chi connectivity index (χ0v) is 6.63. The lowest BCUT2D eigenvalue weighted by Gasteiger charge is -1.85. The van der Waals surface area contributed by atoms with E-state index in [1.807, 2.05) is 36.4 Å². The van der Waals surface area contributed by atoms with Gasteiger partial charge in [0.2, 0.25) is 0 Å². The van der Waals surface area contributed by atoms with Crippen LogP contribution in [-0.4, -0.2) is 0 Å². The second kappa shape index (κ2) is 6.28. The van der Waals surface area contributed by atoms with Gasteiger partial charge in [0.05, 0.1) is 0 Å². The summed E-state index contributed by atoms with van der Waals surface area (Å²) in [6, 6.07) is 10.0. The molecule has 0 aliphatic heterocycles. The van der Waals surface area contributed by atoms with Crippen molar-refractivity contribution in [3.05, 3.63) is 55.1 Å². The van der Waals surface area contributed by atoms with Crippen molar-refractivity contribution in [1.29, 1.82) is 0 Å². The van der Waals surface area contributed by atoms with E-state index in [0.29, 0.717) is 0 Å². The van der Waals surface area contributed by atoms with E-state index in [4.69, 9.17) is 0 Å². The van der Waals surface area contributed by atoms with E-state index in [2.05, 4.69) is 13.2 Å². The molecule has 0 spiro atoms. The summed E-state index contributed by atoms with van der Waals surface area (Å²) < 4.78 is 20.3. The van der Waals surface area contributed by atoms with Gasteiger partial charge >= 0.3 is 0 Å². The van der Waals surface area contributed by atoms with Gasteiger partial charge in [0, 0.05) is 0 Å². The number of hydrogen-bond acceptors (Lipinski definition) is 0. The minimum atomic E-state index is -1.83. The third-order valence-corrected chi connectivity index (χ3v) is 1.04. The molecule has 0 fully saturated rings. The number of hydrogen-bond donors (Lipinski definition) is 0. The monoisotopic (exact) mass is 168 g/mol. The Labute approximate surface area is 70.8 Å². The third kappa shape index (κ3) is 6.68. The molecule has 2 heteroatoms. The van der Waals surface area contributed by atoms with Crippen LogP contribution in [0.2, 0.25) is 0 Å². The summed E-state index contributed by atoms with van der Waals surface area (Å²) in [5.74, 6) is 0. The molecule has 0 amide bonds. The highest BCUT2D eigenvalue weighted by molar-refractivity contribution is 5.45. The molecule has 0 nitrogen and oxygen atoms in total. The maximum Gasteiger partial charge on any atom is 0.263 e. The fourth-order valence-corrected chi connectivity index (χ4v) is 0.589. The van der Waals surface area contributed by atoms with E-state index in [9.17, 15) is 8.78 Å². The molecule has 0 aliphatic carbocycles. The molecule has 0 atom stereocenters. The molecule has 0 radical (unpaired) electrons. The largest absolute Gasteiger partial charge is 0.263 e. The Kier molecular flexibility index (Phi) is 5.53. The molecule has 0 bridgehead atoms. The summed E-state index contributed by atoms with van der Waals surface area (Å²) in [6.45, 7) is 5.85. The van der Waals surface area contributed by atoms with Crippen LogP contribution in [0, 0.1) is 0 Å². The molecule has 1 aromatic carbocycles. The Morgan fingerprint density at radius 1 is 1.17 bits per heavy atom. The third-order valence-electron chi connectivity index (χ3n) is 1.04. The lowest BCUT2D eigenvalue weighted by Crippen LogP contribution is -1.63. The van der Waals surface area contributed by atoms with Crippen LogP contribution < -0.4 is 0 Å². The lowest BCUT2D eigenvalue weighted by molar-refractivity contribution is 0.426. The molecular formula is C10H10F2. The molecule has 1 aromatic rings. The van der Waals surface area contributed by atoms with Gasteiger partial charge in [-0.05, 0) is 12.1 Å². The van der Waals surface area contributed by atoms with Crippen molar-refractivity contribution < 1.29 is 8.78 Å². The molecule has 0 N–H and O–H groups in total. The zero-order chi connectivity index (χ0) is 9.40. The average molecular weight is 168 g/mol. The Balaban J connectivity index is 0.000000261. The van der Waals surface area contributed by atoms with E-state index in [-0.39, 0.29) is 0 Å². The van der Waals surface area contributed by atoms with Gasteiger partial charge in [0.25, 0.3) is 6.08 Å². The molecule has 0 heterocycles. The maximum atomic E-state index is 10.1. The maximum absolute atomic E-state index is 10.1. The Morgan fingerprint density at radius 3 is 1.83 bits per heavy atom. The summed E-state index contributed by atoms with van der Waals surface area (Å²) in [5, 5.41) is 0. The molecule has 0 saturated carbocycles. The molecule has 64 valence electrons. The Bertz CT molecular complexity index is 235. The molecule has 1 rings (SSSR count). The van der Waals surface area contributed by atoms with Gasteiger partial charge in [-0.2, -0.15) is 8.78 Å². The van der Waals surface area contributed by atoms with Crippen molar-refractivity contribution in [2.75, 3.05) is 0 Å². The van der Waals surface area contributed by atoms with Crippen LogP contribution in [0.1, 0.15) is 5.56 Å². The Morgan fingerprint density at radius 2 is 1.58 bits per heavy atom. The summed E-state index contributed by atoms with van der Waals surface area (Å²) in [7, 11) is 0. The second-order valence-corrected chi connectivity index (χ2v) is 1.95. The van der Waals surface area contributed by atoms with E-state index < -0.39 is 6.08 Å². The standard InChI is InChI=1S/C8H8.C2H2F2/c1-2-8-6-4-3-5-7-8;1-2(3)4/h2-7H,1H2;1H2. The first kappa shape index (κ1) is 10.6. The van der Waals surface area contributed by atoms with Crippen LogP contribution in [0.25, 0.3) is 6.08 Å². The van der Waals surface area contributed by atoms with Crippen LogP contribution in [0.15, 0.2) is 49.6 Å². The van der Waals surface area contributed by atoms with Crippen molar-refractivity contribution >= 4 is 6.08 Å².